The van der Waals surface area contributed by atoms with Crippen molar-refractivity contribution < 1.29 is 13.5 Å². The number of rotatable bonds is 6. The summed E-state index contributed by atoms with van der Waals surface area (Å²) in [5.74, 6) is 0.379. The molecule has 1 aromatic rings. The maximum Gasteiger partial charge on any atom is 0.277 e. The van der Waals surface area contributed by atoms with Gasteiger partial charge in [-0.25, -0.2) is 4.72 Å². The molecule has 0 atom stereocenters. The van der Waals surface area contributed by atoms with E-state index in [9.17, 15) is 13.5 Å². The molecule has 17 heavy (non-hydrogen) atoms. The SMILES string of the molecule is CC(C)CNS(=O)(=O)NCc1cccc(O)c1. The van der Waals surface area contributed by atoms with Crippen LogP contribution in [0.4, 0.5) is 0 Å². The second-order valence-corrected chi connectivity index (χ2v) is 5.82. The van der Waals surface area contributed by atoms with Crippen LogP contribution in [0.3, 0.4) is 0 Å². The lowest BCUT2D eigenvalue weighted by Gasteiger charge is -2.10. The Morgan fingerprint density at radius 3 is 2.59 bits per heavy atom. The van der Waals surface area contributed by atoms with Crippen molar-refractivity contribution in [2.45, 2.75) is 20.4 Å². The predicted molar refractivity (Wildman–Crippen MR) is 66.7 cm³/mol. The summed E-state index contributed by atoms with van der Waals surface area (Å²) in [5, 5.41) is 9.23. The Bertz CT molecular complexity index is 458. The van der Waals surface area contributed by atoms with Crippen LogP contribution in [0, 0.1) is 5.92 Å². The summed E-state index contributed by atoms with van der Waals surface area (Å²) >= 11 is 0. The molecular formula is C11H18N2O3S. The van der Waals surface area contributed by atoms with Crippen LogP contribution in [-0.2, 0) is 16.8 Å². The summed E-state index contributed by atoms with van der Waals surface area (Å²) in [6, 6.07) is 6.46. The van der Waals surface area contributed by atoms with Crippen molar-refractivity contribution in [1.82, 2.24) is 9.44 Å². The summed E-state index contributed by atoms with van der Waals surface area (Å²) in [5.41, 5.74) is 0.708. The third-order valence-electron chi connectivity index (χ3n) is 2.06. The Morgan fingerprint density at radius 2 is 2.00 bits per heavy atom. The molecule has 0 unspecified atom stereocenters. The number of nitrogens with one attached hydrogen (secondary N) is 2. The summed E-state index contributed by atoms with van der Waals surface area (Å²) in [6.07, 6.45) is 0. The molecule has 0 bridgehead atoms. The maximum absolute atomic E-state index is 11.5. The standard InChI is InChI=1S/C11H18N2O3S/c1-9(2)7-12-17(15,16)13-8-10-4-3-5-11(14)6-10/h3-6,9,12-14H,7-8H2,1-2H3. The third-order valence-corrected chi connectivity index (χ3v) is 3.13. The lowest BCUT2D eigenvalue weighted by molar-refractivity contribution is 0.474. The van der Waals surface area contributed by atoms with E-state index in [4.69, 9.17) is 0 Å². The van der Waals surface area contributed by atoms with Gasteiger partial charge in [0.2, 0.25) is 0 Å². The van der Waals surface area contributed by atoms with Crippen molar-refractivity contribution in [3.05, 3.63) is 29.8 Å². The average molecular weight is 258 g/mol. The third kappa shape index (κ3) is 5.67. The molecule has 0 amide bonds. The van der Waals surface area contributed by atoms with Gasteiger partial charge in [-0.05, 0) is 23.6 Å². The quantitative estimate of drug-likeness (QED) is 0.711. The number of benzene rings is 1. The minimum atomic E-state index is -3.47. The highest BCUT2D eigenvalue weighted by atomic mass is 32.2. The number of hydrogen-bond donors (Lipinski definition) is 3. The van der Waals surface area contributed by atoms with Gasteiger partial charge in [0.25, 0.3) is 10.2 Å². The molecule has 6 heteroatoms. The molecule has 0 heterocycles. The van der Waals surface area contributed by atoms with Crippen molar-refractivity contribution in [3.8, 4) is 5.75 Å². The molecule has 0 aliphatic carbocycles. The van der Waals surface area contributed by atoms with E-state index in [0.29, 0.717) is 12.1 Å². The van der Waals surface area contributed by atoms with Crippen molar-refractivity contribution in [3.63, 3.8) is 0 Å². The van der Waals surface area contributed by atoms with Crippen LogP contribution in [0.5, 0.6) is 5.75 Å². The lowest BCUT2D eigenvalue weighted by Crippen LogP contribution is -2.37. The Balaban J connectivity index is 2.50. The van der Waals surface area contributed by atoms with Gasteiger partial charge < -0.3 is 5.11 Å². The number of aromatic hydroxyl groups is 1. The van der Waals surface area contributed by atoms with E-state index in [-0.39, 0.29) is 18.2 Å². The first-order valence-corrected chi connectivity index (χ1v) is 6.89. The van der Waals surface area contributed by atoms with Crippen LogP contribution < -0.4 is 9.44 Å². The highest BCUT2D eigenvalue weighted by molar-refractivity contribution is 7.87. The van der Waals surface area contributed by atoms with Gasteiger partial charge in [-0.3, -0.25) is 0 Å². The molecule has 0 spiro atoms. The zero-order valence-electron chi connectivity index (χ0n) is 9.97. The van der Waals surface area contributed by atoms with Crippen LogP contribution in [0.2, 0.25) is 0 Å². The predicted octanol–water partition coefficient (Wildman–Crippen LogP) is 0.972. The van der Waals surface area contributed by atoms with E-state index < -0.39 is 10.2 Å². The second-order valence-electron chi connectivity index (χ2n) is 4.24. The fourth-order valence-electron chi connectivity index (χ4n) is 1.17. The maximum atomic E-state index is 11.5. The van der Waals surface area contributed by atoms with E-state index in [1.165, 1.54) is 12.1 Å². The molecular weight excluding hydrogens is 240 g/mol. The molecule has 1 aromatic carbocycles. The molecule has 1 rings (SSSR count). The normalized spacial score (nSPS) is 11.9. The smallest absolute Gasteiger partial charge is 0.277 e. The van der Waals surface area contributed by atoms with E-state index in [1.54, 1.807) is 12.1 Å². The Kier molecular flexibility index (Phi) is 4.92. The van der Waals surface area contributed by atoms with E-state index in [1.807, 2.05) is 13.8 Å². The van der Waals surface area contributed by atoms with Gasteiger partial charge in [0.15, 0.2) is 0 Å². The Hall–Kier alpha value is -1.11. The Morgan fingerprint density at radius 1 is 1.29 bits per heavy atom. The van der Waals surface area contributed by atoms with Crippen LogP contribution >= 0.6 is 0 Å². The average Bonchev–Trinajstić information content (AvgIpc) is 2.24. The van der Waals surface area contributed by atoms with Crippen LogP contribution in [0.15, 0.2) is 24.3 Å². The highest BCUT2D eigenvalue weighted by Gasteiger charge is 2.09. The van der Waals surface area contributed by atoms with Crippen LogP contribution in [-0.4, -0.2) is 20.1 Å². The highest BCUT2D eigenvalue weighted by Crippen LogP contribution is 2.10. The fourth-order valence-corrected chi connectivity index (χ4v) is 2.18. The molecule has 0 fully saturated rings. The van der Waals surface area contributed by atoms with Gasteiger partial charge in [-0.15, -0.1) is 0 Å². The molecule has 96 valence electrons. The van der Waals surface area contributed by atoms with Crippen LogP contribution in [0.1, 0.15) is 19.4 Å². The van der Waals surface area contributed by atoms with Gasteiger partial charge in [0.1, 0.15) is 5.75 Å². The van der Waals surface area contributed by atoms with Gasteiger partial charge >= 0.3 is 0 Å². The minimum Gasteiger partial charge on any atom is -0.508 e. The van der Waals surface area contributed by atoms with Crippen molar-refractivity contribution in [2.24, 2.45) is 5.92 Å². The summed E-state index contributed by atoms with van der Waals surface area (Å²) < 4.78 is 27.9. The molecule has 0 aromatic heterocycles. The monoisotopic (exact) mass is 258 g/mol. The van der Waals surface area contributed by atoms with Gasteiger partial charge in [-0.1, -0.05) is 26.0 Å². The first-order chi connectivity index (χ1) is 7.89. The van der Waals surface area contributed by atoms with Gasteiger partial charge in [-0.2, -0.15) is 13.1 Å². The van der Waals surface area contributed by atoms with E-state index in [0.717, 1.165) is 0 Å². The molecule has 0 radical (unpaired) electrons. The van der Waals surface area contributed by atoms with Gasteiger partial charge in [0.05, 0.1) is 0 Å². The lowest BCUT2D eigenvalue weighted by atomic mass is 10.2. The fraction of sp³-hybridized carbons (Fsp3) is 0.455. The second kappa shape index (κ2) is 6.00. The molecule has 0 aliphatic rings. The van der Waals surface area contributed by atoms with Crippen molar-refractivity contribution >= 4 is 10.2 Å². The van der Waals surface area contributed by atoms with Gasteiger partial charge in [0, 0.05) is 13.1 Å². The molecule has 0 saturated heterocycles. The largest absolute Gasteiger partial charge is 0.508 e. The first kappa shape index (κ1) is 14.0. The summed E-state index contributed by atoms with van der Waals surface area (Å²) in [4.78, 5) is 0. The van der Waals surface area contributed by atoms with Crippen molar-refractivity contribution in [1.29, 1.82) is 0 Å². The zero-order chi connectivity index (χ0) is 12.9. The molecule has 5 nitrogen and oxygen atoms in total. The molecule has 0 aliphatic heterocycles. The van der Waals surface area contributed by atoms with Crippen molar-refractivity contribution in [2.75, 3.05) is 6.54 Å². The van der Waals surface area contributed by atoms with E-state index in [2.05, 4.69) is 9.44 Å². The number of phenolic OH excluding ortho intramolecular Hbond substituents is 1. The summed E-state index contributed by atoms with van der Waals surface area (Å²) in [7, 11) is -3.47. The molecule has 3 N–H and O–H groups in total. The minimum absolute atomic E-state index is 0.122. The van der Waals surface area contributed by atoms with E-state index >= 15 is 0 Å². The number of phenols is 1. The Labute approximate surface area is 102 Å². The summed E-state index contributed by atoms with van der Waals surface area (Å²) in [6.45, 7) is 4.41. The molecule has 0 saturated carbocycles. The number of hydrogen-bond acceptors (Lipinski definition) is 3. The first-order valence-electron chi connectivity index (χ1n) is 5.41. The topological polar surface area (TPSA) is 78.4 Å². The zero-order valence-corrected chi connectivity index (χ0v) is 10.8. The van der Waals surface area contributed by atoms with Crippen LogP contribution in [0.25, 0.3) is 0 Å².